The van der Waals surface area contributed by atoms with Gasteiger partial charge in [0.15, 0.2) is 0 Å². The topological polar surface area (TPSA) is 32.3 Å². The van der Waals surface area contributed by atoms with Gasteiger partial charge in [-0.1, -0.05) is 29.8 Å². The van der Waals surface area contributed by atoms with Crippen molar-refractivity contribution in [2.24, 2.45) is 0 Å². The second kappa shape index (κ2) is 6.71. The number of likely N-dealkylation sites (N-methyl/N-ethyl adjacent to an activating group) is 1. The SMILES string of the molecule is CCN(CC1CCCN1)C(=O)Cc1cccc(C)c1. The second-order valence-electron chi connectivity index (χ2n) is 5.39. The van der Waals surface area contributed by atoms with Gasteiger partial charge in [-0.15, -0.1) is 0 Å². The molecule has 1 fully saturated rings. The highest BCUT2D eigenvalue weighted by molar-refractivity contribution is 5.78. The van der Waals surface area contributed by atoms with Gasteiger partial charge in [0, 0.05) is 19.1 Å². The molecule has 1 heterocycles. The van der Waals surface area contributed by atoms with Crippen LogP contribution in [0.4, 0.5) is 0 Å². The molecule has 1 aromatic rings. The summed E-state index contributed by atoms with van der Waals surface area (Å²) < 4.78 is 0. The molecular formula is C16H24N2O. The van der Waals surface area contributed by atoms with E-state index < -0.39 is 0 Å². The quantitative estimate of drug-likeness (QED) is 0.879. The predicted molar refractivity (Wildman–Crippen MR) is 78.2 cm³/mol. The molecule has 0 spiro atoms. The maximum Gasteiger partial charge on any atom is 0.227 e. The molecule has 0 saturated carbocycles. The highest BCUT2D eigenvalue weighted by atomic mass is 16.2. The van der Waals surface area contributed by atoms with E-state index in [1.54, 1.807) is 0 Å². The number of nitrogens with zero attached hydrogens (tertiary/aromatic N) is 1. The van der Waals surface area contributed by atoms with Crippen molar-refractivity contribution in [1.82, 2.24) is 10.2 Å². The van der Waals surface area contributed by atoms with Gasteiger partial charge in [0.1, 0.15) is 0 Å². The van der Waals surface area contributed by atoms with Crippen LogP contribution in [0.15, 0.2) is 24.3 Å². The molecule has 1 saturated heterocycles. The Morgan fingerprint density at radius 1 is 1.47 bits per heavy atom. The first-order valence-corrected chi connectivity index (χ1v) is 7.25. The molecule has 104 valence electrons. The van der Waals surface area contributed by atoms with E-state index in [1.165, 1.54) is 18.4 Å². The van der Waals surface area contributed by atoms with E-state index in [4.69, 9.17) is 0 Å². The van der Waals surface area contributed by atoms with Gasteiger partial charge in [-0.05, 0) is 38.8 Å². The Bertz CT molecular complexity index is 425. The van der Waals surface area contributed by atoms with E-state index in [1.807, 2.05) is 17.0 Å². The number of benzene rings is 1. The van der Waals surface area contributed by atoms with Crippen molar-refractivity contribution in [3.8, 4) is 0 Å². The number of aryl methyl sites for hydroxylation is 1. The molecule has 1 aromatic carbocycles. The van der Waals surface area contributed by atoms with Crippen LogP contribution in [0, 0.1) is 6.92 Å². The molecule has 2 rings (SSSR count). The van der Waals surface area contributed by atoms with Crippen LogP contribution in [-0.2, 0) is 11.2 Å². The van der Waals surface area contributed by atoms with Crippen molar-refractivity contribution in [1.29, 1.82) is 0 Å². The van der Waals surface area contributed by atoms with E-state index in [-0.39, 0.29) is 5.91 Å². The third kappa shape index (κ3) is 4.06. The van der Waals surface area contributed by atoms with Crippen LogP contribution in [0.2, 0.25) is 0 Å². The molecule has 1 atom stereocenters. The smallest absolute Gasteiger partial charge is 0.227 e. The average molecular weight is 260 g/mol. The third-order valence-corrected chi connectivity index (χ3v) is 3.78. The molecular weight excluding hydrogens is 236 g/mol. The average Bonchev–Trinajstić information content (AvgIpc) is 2.88. The summed E-state index contributed by atoms with van der Waals surface area (Å²) in [6, 6.07) is 8.70. The summed E-state index contributed by atoms with van der Waals surface area (Å²) in [5, 5.41) is 3.46. The zero-order valence-corrected chi connectivity index (χ0v) is 12.0. The normalized spacial score (nSPS) is 18.5. The summed E-state index contributed by atoms with van der Waals surface area (Å²) in [4.78, 5) is 14.3. The van der Waals surface area contributed by atoms with E-state index in [9.17, 15) is 4.79 Å². The minimum Gasteiger partial charge on any atom is -0.341 e. The van der Waals surface area contributed by atoms with E-state index in [2.05, 4.69) is 31.3 Å². The number of nitrogens with one attached hydrogen (secondary N) is 1. The lowest BCUT2D eigenvalue weighted by Crippen LogP contribution is -2.41. The molecule has 0 aliphatic carbocycles. The minimum atomic E-state index is 0.238. The Morgan fingerprint density at radius 2 is 2.32 bits per heavy atom. The van der Waals surface area contributed by atoms with Gasteiger partial charge < -0.3 is 10.2 Å². The fourth-order valence-corrected chi connectivity index (χ4v) is 2.69. The van der Waals surface area contributed by atoms with E-state index >= 15 is 0 Å². The standard InChI is InChI=1S/C16H24N2O/c1-3-18(12-15-8-5-9-17-15)16(19)11-14-7-4-6-13(2)10-14/h4,6-7,10,15,17H,3,5,8-9,11-12H2,1-2H3. The Kier molecular flexibility index (Phi) is 4.97. The molecule has 0 bridgehead atoms. The van der Waals surface area contributed by atoms with Crippen LogP contribution < -0.4 is 5.32 Å². The van der Waals surface area contributed by atoms with Crippen LogP contribution in [0.1, 0.15) is 30.9 Å². The van der Waals surface area contributed by atoms with E-state index in [0.717, 1.165) is 25.2 Å². The van der Waals surface area contributed by atoms with Crippen molar-refractivity contribution in [2.75, 3.05) is 19.6 Å². The number of carbonyl (C=O) groups is 1. The molecule has 0 aromatic heterocycles. The lowest BCUT2D eigenvalue weighted by molar-refractivity contribution is -0.130. The lowest BCUT2D eigenvalue weighted by atomic mass is 10.1. The molecule has 1 amide bonds. The summed E-state index contributed by atoms with van der Waals surface area (Å²) >= 11 is 0. The Balaban J connectivity index is 1.92. The van der Waals surface area contributed by atoms with Gasteiger partial charge in [0.2, 0.25) is 5.91 Å². The first-order valence-electron chi connectivity index (χ1n) is 7.25. The van der Waals surface area contributed by atoms with Crippen LogP contribution >= 0.6 is 0 Å². The van der Waals surface area contributed by atoms with Crippen LogP contribution in [0.3, 0.4) is 0 Å². The maximum atomic E-state index is 12.3. The van der Waals surface area contributed by atoms with Crippen molar-refractivity contribution in [3.05, 3.63) is 35.4 Å². The monoisotopic (exact) mass is 260 g/mol. The van der Waals surface area contributed by atoms with Gasteiger partial charge in [0.25, 0.3) is 0 Å². The zero-order chi connectivity index (χ0) is 13.7. The van der Waals surface area contributed by atoms with Gasteiger partial charge in [-0.2, -0.15) is 0 Å². The minimum absolute atomic E-state index is 0.238. The van der Waals surface area contributed by atoms with Crippen LogP contribution in [-0.4, -0.2) is 36.5 Å². The number of rotatable bonds is 5. The first-order chi connectivity index (χ1) is 9.19. The number of amides is 1. The molecule has 1 N–H and O–H groups in total. The van der Waals surface area contributed by atoms with Crippen molar-refractivity contribution >= 4 is 5.91 Å². The van der Waals surface area contributed by atoms with E-state index in [0.29, 0.717) is 12.5 Å². The van der Waals surface area contributed by atoms with Crippen molar-refractivity contribution in [2.45, 2.75) is 39.2 Å². The van der Waals surface area contributed by atoms with Gasteiger partial charge in [-0.25, -0.2) is 0 Å². The number of hydrogen-bond donors (Lipinski definition) is 1. The molecule has 3 heteroatoms. The second-order valence-corrected chi connectivity index (χ2v) is 5.39. The van der Waals surface area contributed by atoms with Crippen LogP contribution in [0.5, 0.6) is 0 Å². The fraction of sp³-hybridized carbons (Fsp3) is 0.562. The Hall–Kier alpha value is -1.35. The Labute approximate surface area is 116 Å². The highest BCUT2D eigenvalue weighted by Crippen LogP contribution is 2.10. The molecule has 3 nitrogen and oxygen atoms in total. The first kappa shape index (κ1) is 14.1. The zero-order valence-electron chi connectivity index (χ0n) is 12.0. The molecule has 1 unspecified atom stereocenters. The summed E-state index contributed by atoms with van der Waals surface area (Å²) in [6.45, 7) is 6.86. The van der Waals surface area contributed by atoms with Crippen LogP contribution in [0.25, 0.3) is 0 Å². The summed E-state index contributed by atoms with van der Waals surface area (Å²) in [5.74, 6) is 0.238. The summed E-state index contributed by atoms with van der Waals surface area (Å²) in [5.41, 5.74) is 2.33. The number of carbonyl (C=O) groups excluding carboxylic acids is 1. The number of hydrogen-bond acceptors (Lipinski definition) is 2. The van der Waals surface area contributed by atoms with Gasteiger partial charge in [0.05, 0.1) is 6.42 Å². The third-order valence-electron chi connectivity index (χ3n) is 3.78. The molecule has 1 aliphatic heterocycles. The maximum absolute atomic E-state index is 12.3. The molecule has 19 heavy (non-hydrogen) atoms. The predicted octanol–water partition coefficient (Wildman–Crippen LogP) is 2.14. The lowest BCUT2D eigenvalue weighted by Gasteiger charge is -2.24. The highest BCUT2D eigenvalue weighted by Gasteiger charge is 2.20. The van der Waals surface area contributed by atoms with Gasteiger partial charge >= 0.3 is 0 Å². The summed E-state index contributed by atoms with van der Waals surface area (Å²) in [6.07, 6.45) is 2.94. The largest absolute Gasteiger partial charge is 0.341 e. The molecule has 1 aliphatic rings. The Morgan fingerprint density at radius 3 is 2.95 bits per heavy atom. The van der Waals surface area contributed by atoms with Crippen molar-refractivity contribution in [3.63, 3.8) is 0 Å². The van der Waals surface area contributed by atoms with Gasteiger partial charge in [-0.3, -0.25) is 4.79 Å². The fourth-order valence-electron chi connectivity index (χ4n) is 2.69. The summed E-state index contributed by atoms with van der Waals surface area (Å²) in [7, 11) is 0. The van der Waals surface area contributed by atoms with Crippen molar-refractivity contribution < 1.29 is 4.79 Å². The molecule has 0 radical (unpaired) electrons.